The fraction of sp³-hybridized carbons (Fsp3) is 0.800. The molecule has 1 aliphatic heterocycles. The summed E-state index contributed by atoms with van der Waals surface area (Å²) in [6.07, 6.45) is 1.17. The van der Waals surface area contributed by atoms with E-state index in [9.17, 15) is 0 Å². The van der Waals surface area contributed by atoms with Gasteiger partial charge in [0.15, 0.2) is 0 Å². The Bertz CT molecular complexity index is 317. The molecule has 1 atom stereocenters. The Balaban J connectivity index is 1.75. The molecule has 2 heterocycles. The molecule has 0 saturated carbocycles. The van der Waals surface area contributed by atoms with Crippen LogP contribution in [0.4, 0.5) is 0 Å². The molecule has 5 heteroatoms. The molecular formula is C10H18N4O. The van der Waals surface area contributed by atoms with Crippen LogP contribution in [0.5, 0.6) is 0 Å². The Hall–Kier alpha value is -0.940. The molecule has 0 radical (unpaired) electrons. The summed E-state index contributed by atoms with van der Waals surface area (Å²) in [7, 11) is 1.99. The van der Waals surface area contributed by atoms with Crippen molar-refractivity contribution in [1.29, 1.82) is 0 Å². The van der Waals surface area contributed by atoms with Gasteiger partial charge in [-0.05, 0) is 19.3 Å². The topological polar surface area (TPSA) is 52.0 Å². The molecule has 0 bridgehead atoms. The third-order valence-electron chi connectivity index (χ3n) is 2.92. The van der Waals surface area contributed by atoms with Crippen molar-refractivity contribution in [2.75, 3.05) is 19.8 Å². The van der Waals surface area contributed by atoms with Crippen LogP contribution in [0.1, 0.15) is 18.1 Å². The zero-order chi connectivity index (χ0) is 10.7. The smallest absolute Gasteiger partial charge is 0.146 e. The average Bonchev–Trinajstić information content (AvgIpc) is 2.83. The van der Waals surface area contributed by atoms with E-state index in [1.807, 2.05) is 18.5 Å². The molecular weight excluding hydrogens is 192 g/mol. The number of aryl methyl sites for hydroxylation is 1. The van der Waals surface area contributed by atoms with E-state index in [2.05, 4.69) is 15.5 Å². The van der Waals surface area contributed by atoms with E-state index in [0.717, 1.165) is 38.0 Å². The zero-order valence-corrected chi connectivity index (χ0v) is 9.36. The number of nitrogens with one attached hydrogen (secondary N) is 1. The van der Waals surface area contributed by atoms with E-state index in [1.165, 1.54) is 6.42 Å². The molecule has 0 amide bonds. The number of hydrogen-bond acceptors (Lipinski definition) is 4. The second kappa shape index (κ2) is 4.72. The van der Waals surface area contributed by atoms with Gasteiger partial charge >= 0.3 is 0 Å². The molecule has 84 valence electrons. The summed E-state index contributed by atoms with van der Waals surface area (Å²) in [5, 5.41) is 11.5. The summed E-state index contributed by atoms with van der Waals surface area (Å²) in [5.41, 5.74) is 0. The van der Waals surface area contributed by atoms with E-state index in [-0.39, 0.29) is 0 Å². The maximum absolute atomic E-state index is 5.31. The SMILES string of the molecule is Cc1nnc(CNCC2CCOC2)n1C. The minimum absolute atomic E-state index is 0.666. The largest absolute Gasteiger partial charge is 0.381 e. The molecule has 1 unspecified atom stereocenters. The quantitative estimate of drug-likeness (QED) is 0.774. The van der Waals surface area contributed by atoms with Gasteiger partial charge in [-0.2, -0.15) is 0 Å². The molecule has 5 nitrogen and oxygen atoms in total. The van der Waals surface area contributed by atoms with Crippen molar-refractivity contribution in [2.45, 2.75) is 19.9 Å². The number of ether oxygens (including phenoxy) is 1. The molecule has 2 rings (SSSR count). The van der Waals surface area contributed by atoms with E-state index in [0.29, 0.717) is 5.92 Å². The summed E-state index contributed by atoms with van der Waals surface area (Å²) in [6.45, 7) is 5.56. The van der Waals surface area contributed by atoms with Gasteiger partial charge in [0.2, 0.25) is 0 Å². The van der Waals surface area contributed by atoms with Crippen LogP contribution in [0.15, 0.2) is 0 Å². The van der Waals surface area contributed by atoms with Crippen LogP contribution in [0.2, 0.25) is 0 Å². The molecule has 1 fully saturated rings. The van der Waals surface area contributed by atoms with Crippen LogP contribution in [0.3, 0.4) is 0 Å². The van der Waals surface area contributed by atoms with Gasteiger partial charge in [0.1, 0.15) is 11.6 Å². The minimum atomic E-state index is 0.666. The second-order valence-electron chi connectivity index (χ2n) is 4.08. The lowest BCUT2D eigenvalue weighted by atomic mass is 10.1. The van der Waals surface area contributed by atoms with Crippen LogP contribution in [0.25, 0.3) is 0 Å². The van der Waals surface area contributed by atoms with Crippen LogP contribution in [-0.2, 0) is 18.3 Å². The lowest BCUT2D eigenvalue weighted by Gasteiger charge is -2.08. The van der Waals surface area contributed by atoms with Gasteiger partial charge in [-0.25, -0.2) is 0 Å². The van der Waals surface area contributed by atoms with Crippen molar-refractivity contribution < 1.29 is 4.74 Å². The van der Waals surface area contributed by atoms with E-state index < -0.39 is 0 Å². The third kappa shape index (κ3) is 2.54. The summed E-state index contributed by atoms with van der Waals surface area (Å²) in [4.78, 5) is 0. The van der Waals surface area contributed by atoms with Crippen molar-refractivity contribution in [2.24, 2.45) is 13.0 Å². The van der Waals surface area contributed by atoms with Gasteiger partial charge in [0, 0.05) is 20.2 Å². The molecule has 15 heavy (non-hydrogen) atoms. The minimum Gasteiger partial charge on any atom is -0.381 e. The molecule has 1 N–H and O–H groups in total. The summed E-state index contributed by atoms with van der Waals surface area (Å²) in [5.74, 6) is 2.61. The van der Waals surface area contributed by atoms with Crippen molar-refractivity contribution in [3.63, 3.8) is 0 Å². The number of nitrogens with zero attached hydrogens (tertiary/aromatic N) is 3. The molecule has 0 spiro atoms. The number of aromatic nitrogens is 3. The first-order chi connectivity index (χ1) is 7.27. The fourth-order valence-electron chi connectivity index (χ4n) is 1.74. The van der Waals surface area contributed by atoms with Gasteiger partial charge in [0.25, 0.3) is 0 Å². The summed E-state index contributed by atoms with van der Waals surface area (Å²) >= 11 is 0. The highest BCUT2D eigenvalue weighted by Gasteiger charge is 2.15. The molecule has 0 aliphatic carbocycles. The molecule has 1 aliphatic rings. The van der Waals surface area contributed by atoms with E-state index in [4.69, 9.17) is 4.74 Å². The van der Waals surface area contributed by atoms with Crippen LogP contribution >= 0.6 is 0 Å². The summed E-state index contributed by atoms with van der Waals surface area (Å²) < 4.78 is 7.33. The highest BCUT2D eigenvalue weighted by atomic mass is 16.5. The van der Waals surface area contributed by atoms with Crippen molar-refractivity contribution in [3.8, 4) is 0 Å². The first-order valence-electron chi connectivity index (χ1n) is 5.40. The highest BCUT2D eigenvalue weighted by molar-refractivity contribution is 4.91. The Morgan fingerprint density at radius 3 is 3.00 bits per heavy atom. The maximum Gasteiger partial charge on any atom is 0.146 e. The summed E-state index contributed by atoms with van der Waals surface area (Å²) in [6, 6.07) is 0. The third-order valence-corrected chi connectivity index (χ3v) is 2.92. The van der Waals surface area contributed by atoms with Crippen molar-refractivity contribution >= 4 is 0 Å². The van der Waals surface area contributed by atoms with E-state index in [1.54, 1.807) is 0 Å². The van der Waals surface area contributed by atoms with Crippen molar-refractivity contribution in [3.05, 3.63) is 11.6 Å². The first kappa shape index (κ1) is 10.6. The fourth-order valence-corrected chi connectivity index (χ4v) is 1.74. The number of hydrogen-bond donors (Lipinski definition) is 1. The van der Waals surface area contributed by atoms with Gasteiger partial charge in [0.05, 0.1) is 13.2 Å². The van der Waals surface area contributed by atoms with Gasteiger partial charge in [-0.3, -0.25) is 0 Å². The Kier molecular flexibility index (Phi) is 3.33. The predicted molar refractivity (Wildman–Crippen MR) is 56.4 cm³/mol. The molecule has 1 aromatic heterocycles. The van der Waals surface area contributed by atoms with E-state index >= 15 is 0 Å². The zero-order valence-electron chi connectivity index (χ0n) is 9.36. The highest BCUT2D eigenvalue weighted by Crippen LogP contribution is 2.10. The lowest BCUT2D eigenvalue weighted by Crippen LogP contribution is -2.24. The number of rotatable bonds is 4. The second-order valence-corrected chi connectivity index (χ2v) is 4.08. The first-order valence-corrected chi connectivity index (χ1v) is 5.40. The van der Waals surface area contributed by atoms with Crippen LogP contribution in [0, 0.1) is 12.8 Å². The Morgan fingerprint density at radius 1 is 1.53 bits per heavy atom. The maximum atomic E-state index is 5.31. The normalized spacial score (nSPS) is 21.1. The Labute approximate surface area is 89.8 Å². The Morgan fingerprint density at radius 2 is 2.40 bits per heavy atom. The monoisotopic (exact) mass is 210 g/mol. The predicted octanol–water partition coefficient (Wildman–Crippen LogP) is 0.250. The molecule has 1 aromatic rings. The van der Waals surface area contributed by atoms with Crippen LogP contribution < -0.4 is 5.32 Å². The van der Waals surface area contributed by atoms with Gasteiger partial charge < -0.3 is 14.6 Å². The van der Waals surface area contributed by atoms with Gasteiger partial charge in [-0.1, -0.05) is 0 Å². The van der Waals surface area contributed by atoms with Gasteiger partial charge in [-0.15, -0.1) is 10.2 Å². The van der Waals surface area contributed by atoms with Crippen molar-refractivity contribution in [1.82, 2.24) is 20.1 Å². The average molecular weight is 210 g/mol. The van der Waals surface area contributed by atoms with Crippen LogP contribution in [-0.4, -0.2) is 34.5 Å². The standard InChI is InChI=1S/C10H18N4O/c1-8-12-13-10(14(8)2)6-11-5-9-3-4-15-7-9/h9,11H,3-7H2,1-2H3. The molecule has 0 aromatic carbocycles. The molecule has 1 saturated heterocycles. The lowest BCUT2D eigenvalue weighted by molar-refractivity contribution is 0.185.